The van der Waals surface area contributed by atoms with Gasteiger partial charge < -0.3 is 10.2 Å². The van der Waals surface area contributed by atoms with E-state index < -0.39 is 4.92 Å². The number of hydrogen-bond acceptors (Lipinski definition) is 4. The third kappa shape index (κ3) is 4.52. The standard InChI is InChI=1S/C17H18FN3O3/c1-2-20(15-5-3-4-6-16(15)21(23)24)12-17(22)19-11-13-7-9-14(18)10-8-13/h3-10H,2,11-12H2,1H3,(H,19,22). The first kappa shape index (κ1) is 17.4. The molecular formula is C17H18FN3O3. The summed E-state index contributed by atoms with van der Waals surface area (Å²) in [4.78, 5) is 24.4. The van der Waals surface area contributed by atoms with E-state index in [0.717, 1.165) is 5.56 Å². The Hall–Kier alpha value is -2.96. The predicted octanol–water partition coefficient (Wildman–Crippen LogP) is 2.88. The number of hydrogen-bond donors (Lipinski definition) is 1. The van der Waals surface area contributed by atoms with Gasteiger partial charge in [0, 0.05) is 19.2 Å². The van der Waals surface area contributed by atoms with Crippen LogP contribution >= 0.6 is 0 Å². The van der Waals surface area contributed by atoms with Crippen molar-refractivity contribution < 1.29 is 14.1 Å². The summed E-state index contributed by atoms with van der Waals surface area (Å²) in [6.45, 7) is 2.55. The minimum Gasteiger partial charge on any atom is -0.357 e. The number of nitrogens with zero attached hydrogens (tertiary/aromatic N) is 2. The highest BCUT2D eigenvalue weighted by Gasteiger charge is 2.19. The van der Waals surface area contributed by atoms with Crippen LogP contribution < -0.4 is 10.2 Å². The lowest BCUT2D eigenvalue weighted by Gasteiger charge is -2.22. The summed E-state index contributed by atoms with van der Waals surface area (Å²) in [5, 5.41) is 13.8. The average Bonchev–Trinajstić information content (AvgIpc) is 2.59. The average molecular weight is 331 g/mol. The minimum absolute atomic E-state index is 0.00253. The first-order valence-corrected chi connectivity index (χ1v) is 7.50. The van der Waals surface area contributed by atoms with Gasteiger partial charge in [-0.15, -0.1) is 0 Å². The minimum atomic E-state index is -0.464. The molecule has 1 N–H and O–H groups in total. The second-order valence-electron chi connectivity index (χ2n) is 5.16. The third-order valence-corrected chi connectivity index (χ3v) is 3.54. The van der Waals surface area contributed by atoms with Gasteiger partial charge in [0.15, 0.2) is 0 Å². The Bertz CT molecular complexity index is 719. The van der Waals surface area contributed by atoms with Crippen molar-refractivity contribution in [2.45, 2.75) is 13.5 Å². The monoisotopic (exact) mass is 331 g/mol. The molecule has 0 atom stereocenters. The van der Waals surface area contributed by atoms with Crippen LogP contribution in [-0.4, -0.2) is 23.9 Å². The van der Waals surface area contributed by atoms with Crippen molar-refractivity contribution >= 4 is 17.3 Å². The van der Waals surface area contributed by atoms with Gasteiger partial charge in [0.25, 0.3) is 5.69 Å². The second kappa shape index (κ2) is 8.05. The van der Waals surface area contributed by atoms with Crippen molar-refractivity contribution in [2.24, 2.45) is 0 Å². The van der Waals surface area contributed by atoms with Crippen molar-refractivity contribution in [3.8, 4) is 0 Å². The molecule has 0 bridgehead atoms. The van der Waals surface area contributed by atoms with E-state index in [-0.39, 0.29) is 30.5 Å². The molecule has 0 heterocycles. The number of halogens is 1. The van der Waals surface area contributed by atoms with Gasteiger partial charge >= 0.3 is 0 Å². The number of nitro benzene ring substituents is 1. The molecule has 0 unspecified atom stereocenters. The zero-order valence-corrected chi connectivity index (χ0v) is 13.2. The highest BCUT2D eigenvalue weighted by atomic mass is 19.1. The molecule has 0 saturated heterocycles. The second-order valence-corrected chi connectivity index (χ2v) is 5.16. The molecule has 0 fully saturated rings. The van der Waals surface area contributed by atoms with E-state index in [9.17, 15) is 19.3 Å². The lowest BCUT2D eigenvalue weighted by atomic mass is 10.2. The van der Waals surface area contributed by atoms with E-state index in [1.54, 1.807) is 35.2 Å². The van der Waals surface area contributed by atoms with E-state index in [1.165, 1.54) is 18.2 Å². The summed E-state index contributed by atoms with van der Waals surface area (Å²) in [5.74, 6) is -0.599. The Morgan fingerprint density at radius 2 is 1.88 bits per heavy atom. The molecule has 0 radical (unpaired) electrons. The van der Waals surface area contributed by atoms with Crippen molar-refractivity contribution in [1.29, 1.82) is 0 Å². The third-order valence-electron chi connectivity index (χ3n) is 3.54. The predicted molar refractivity (Wildman–Crippen MR) is 89.2 cm³/mol. The van der Waals surface area contributed by atoms with E-state index in [4.69, 9.17) is 0 Å². The maximum atomic E-state index is 12.8. The topological polar surface area (TPSA) is 75.5 Å². The molecule has 126 valence electrons. The van der Waals surface area contributed by atoms with Crippen LogP contribution in [0.4, 0.5) is 15.8 Å². The molecular weight excluding hydrogens is 313 g/mol. The van der Waals surface area contributed by atoms with Gasteiger partial charge in [-0.3, -0.25) is 14.9 Å². The summed E-state index contributed by atoms with van der Waals surface area (Å²) in [6.07, 6.45) is 0. The van der Waals surface area contributed by atoms with Gasteiger partial charge in [0.1, 0.15) is 11.5 Å². The number of amides is 1. The van der Waals surface area contributed by atoms with Crippen molar-refractivity contribution in [1.82, 2.24) is 5.32 Å². The molecule has 0 aliphatic rings. The number of anilines is 1. The molecule has 2 rings (SSSR count). The number of nitro groups is 1. The first-order valence-electron chi connectivity index (χ1n) is 7.50. The summed E-state index contributed by atoms with van der Waals surface area (Å²) < 4.78 is 12.8. The summed E-state index contributed by atoms with van der Waals surface area (Å²) in [5.41, 5.74) is 1.14. The Balaban J connectivity index is 2.01. The lowest BCUT2D eigenvalue weighted by molar-refractivity contribution is -0.384. The fraction of sp³-hybridized carbons (Fsp3) is 0.235. The quantitative estimate of drug-likeness (QED) is 0.625. The van der Waals surface area contributed by atoms with Gasteiger partial charge in [0.05, 0.1) is 11.5 Å². The maximum Gasteiger partial charge on any atom is 0.292 e. The van der Waals surface area contributed by atoms with E-state index in [2.05, 4.69) is 5.32 Å². The fourth-order valence-electron chi connectivity index (χ4n) is 2.29. The van der Waals surface area contributed by atoms with Crippen molar-refractivity contribution in [3.63, 3.8) is 0 Å². The van der Waals surface area contributed by atoms with Crippen LogP contribution in [0.3, 0.4) is 0 Å². The fourth-order valence-corrected chi connectivity index (χ4v) is 2.29. The van der Waals surface area contributed by atoms with Gasteiger partial charge in [0.2, 0.25) is 5.91 Å². The molecule has 0 aromatic heterocycles. The maximum absolute atomic E-state index is 12.8. The van der Waals surface area contributed by atoms with Crippen molar-refractivity contribution in [3.05, 3.63) is 70.0 Å². The van der Waals surface area contributed by atoms with Crippen LogP contribution in [0.15, 0.2) is 48.5 Å². The van der Waals surface area contributed by atoms with Crippen molar-refractivity contribution in [2.75, 3.05) is 18.0 Å². The Kier molecular flexibility index (Phi) is 5.83. The number of benzene rings is 2. The zero-order valence-electron chi connectivity index (χ0n) is 13.2. The van der Waals surface area contributed by atoms with E-state index in [1.807, 2.05) is 6.92 Å². The smallest absolute Gasteiger partial charge is 0.292 e. The van der Waals surface area contributed by atoms with Crippen LogP contribution in [0.25, 0.3) is 0 Å². The molecule has 0 aliphatic heterocycles. The largest absolute Gasteiger partial charge is 0.357 e. The van der Waals surface area contributed by atoms with Gasteiger partial charge in [-0.1, -0.05) is 24.3 Å². The lowest BCUT2D eigenvalue weighted by Crippen LogP contribution is -2.37. The zero-order chi connectivity index (χ0) is 17.5. The molecule has 6 nitrogen and oxygen atoms in total. The molecule has 0 spiro atoms. The van der Waals surface area contributed by atoms with Crippen LogP contribution in [0.1, 0.15) is 12.5 Å². The molecule has 0 saturated carbocycles. The van der Waals surface area contributed by atoms with Gasteiger partial charge in [-0.25, -0.2) is 4.39 Å². The summed E-state index contributed by atoms with van der Waals surface area (Å²) >= 11 is 0. The van der Waals surface area contributed by atoms with Crippen LogP contribution in [0, 0.1) is 15.9 Å². The normalized spacial score (nSPS) is 10.2. The molecule has 7 heteroatoms. The highest BCUT2D eigenvalue weighted by molar-refractivity contribution is 5.82. The Morgan fingerprint density at radius 1 is 1.21 bits per heavy atom. The number of likely N-dealkylation sites (N-methyl/N-ethyl adjacent to an activating group) is 1. The van der Waals surface area contributed by atoms with Crippen LogP contribution in [-0.2, 0) is 11.3 Å². The molecule has 1 amide bonds. The molecule has 2 aromatic carbocycles. The van der Waals surface area contributed by atoms with Crippen LogP contribution in [0.2, 0.25) is 0 Å². The number of nitrogens with one attached hydrogen (secondary N) is 1. The Labute approximate surface area is 139 Å². The Morgan fingerprint density at radius 3 is 2.50 bits per heavy atom. The SMILES string of the molecule is CCN(CC(=O)NCc1ccc(F)cc1)c1ccccc1[N+](=O)[O-]. The van der Waals surface area contributed by atoms with E-state index >= 15 is 0 Å². The van der Waals surface area contributed by atoms with E-state index in [0.29, 0.717) is 12.2 Å². The van der Waals surface area contributed by atoms with Gasteiger partial charge in [-0.05, 0) is 30.7 Å². The van der Waals surface area contributed by atoms with Crippen LogP contribution in [0.5, 0.6) is 0 Å². The molecule has 0 aliphatic carbocycles. The summed E-state index contributed by atoms with van der Waals surface area (Å²) in [6, 6.07) is 12.2. The number of para-hydroxylation sites is 2. The molecule has 24 heavy (non-hydrogen) atoms. The summed E-state index contributed by atoms with van der Waals surface area (Å²) in [7, 11) is 0. The highest BCUT2D eigenvalue weighted by Crippen LogP contribution is 2.27. The van der Waals surface area contributed by atoms with Gasteiger partial charge in [-0.2, -0.15) is 0 Å². The number of carbonyl (C=O) groups excluding carboxylic acids is 1. The molecule has 2 aromatic rings. The number of rotatable bonds is 7. The first-order chi connectivity index (χ1) is 11.5. The number of carbonyl (C=O) groups is 1.